The molecule has 6 heteroatoms. The molecule has 0 N–H and O–H groups in total. The lowest BCUT2D eigenvalue weighted by molar-refractivity contribution is 0.0506. The average molecular weight is 394 g/mol. The van der Waals surface area contributed by atoms with E-state index in [1.807, 2.05) is 29.2 Å². The number of halogens is 1. The van der Waals surface area contributed by atoms with E-state index >= 15 is 0 Å². The third-order valence-electron chi connectivity index (χ3n) is 4.06. The lowest BCUT2D eigenvalue weighted by atomic mass is 10.1. The van der Waals surface area contributed by atoms with Crippen molar-refractivity contribution in [3.05, 3.63) is 52.4 Å². The molecule has 1 amide bonds. The van der Waals surface area contributed by atoms with Crippen LogP contribution in [0.4, 0.5) is 0 Å². The number of hydrogen-bond donors (Lipinski definition) is 0. The van der Waals surface area contributed by atoms with Gasteiger partial charge in [-0.25, -0.2) is 0 Å². The maximum atomic E-state index is 12.9. The van der Waals surface area contributed by atoms with Crippen LogP contribution in [0.1, 0.15) is 28.8 Å². The number of methoxy groups -OCH3 is 1. The number of benzene rings is 1. The van der Waals surface area contributed by atoms with E-state index in [0.717, 1.165) is 30.8 Å². The summed E-state index contributed by atoms with van der Waals surface area (Å²) >= 11 is 3.24. The number of amides is 1. The van der Waals surface area contributed by atoms with Crippen LogP contribution >= 0.6 is 15.9 Å². The minimum Gasteiger partial charge on any atom is -0.497 e. The third-order valence-corrected chi connectivity index (χ3v) is 4.47. The van der Waals surface area contributed by atoms with Crippen molar-refractivity contribution in [3.8, 4) is 5.75 Å². The van der Waals surface area contributed by atoms with Crippen molar-refractivity contribution < 1.29 is 18.7 Å². The van der Waals surface area contributed by atoms with Gasteiger partial charge in [0.05, 0.1) is 18.8 Å². The highest BCUT2D eigenvalue weighted by Crippen LogP contribution is 2.21. The molecule has 0 radical (unpaired) electrons. The van der Waals surface area contributed by atoms with E-state index < -0.39 is 0 Å². The van der Waals surface area contributed by atoms with E-state index in [4.69, 9.17) is 13.9 Å². The summed E-state index contributed by atoms with van der Waals surface area (Å²) in [5, 5.41) is 0. The maximum absolute atomic E-state index is 12.9. The molecule has 0 bridgehead atoms. The van der Waals surface area contributed by atoms with Gasteiger partial charge in [-0.3, -0.25) is 4.79 Å². The first-order valence-electron chi connectivity index (χ1n) is 7.93. The van der Waals surface area contributed by atoms with Crippen LogP contribution in [0.5, 0.6) is 5.75 Å². The van der Waals surface area contributed by atoms with Crippen molar-refractivity contribution in [2.24, 2.45) is 0 Å². The largest absolute Gasteiger partial charge is 0.497 e. The Bertz CT molecular complexity index is 694. The molecule has 2 heterocycles. The molecule has 1 aliphatic rings. The molecule has 1 aromatic carbocycles. The number of furan rings is 1. The standard InChI is InChI=1S/C18H20BrNO4/c1-22-15-5-2-4-13(8-15)10-20(11-16-6-3-7-23-16)18(21)14-9-17(19)24-12-14/h2,4-5,8-9,12,16H,3,6-7,10-11H2,1H3. The van der Waals surface area contributed by atoms with Crippen LogP contribution < -0.4 is 4.74 Å². The highest BCUT2D eigenvalue weighted by atomic mass is 79.9. The van der Waals surface area contributed by atoms with Gasteiger partial charge in [-0.1, -0.05) is 12.1 Å². The first-order chi connectivity index (χ1) is 11.7. The van der Waals surface area contributed by atoms with Crippen LogP contribution in [0.25, 0.3) is 0 Å². The van der Waals surface area contributed by atoms with Crippen LogP contribution in [0.2, 0.25) is 0 Å². The smallest absolute Gasteiger partial charge is 0.257 e. The van der Waals surface area contributed by atoms with Gasteiger partial charge < -0.3 is 18.8 Å². The molecule has 24 heavy (non-hydrogen) atoms. The number of ether oxygens (including phenoxy) is 2. The van der Waals surface area contributed by atoms with Crippen molar-refractivity contribution in [1.29, 1.82) is 0 Å². The fourth-order valence-electron chi connectivity index (χ4n) is 2.85. The zero-order valence-electron chi connectivity index (χ0n) is 13.5. The minimum absolute atomic E-state index is 0.0669. The number of carbonyl (C=O) groups excluding carboxylic acids is 1. The Labute approximate surface area is 149 Å². The molecule has 0 spiro atoms. The zero-order chi connectivity index (χ0) is 16.9. The van der Waals surface area contributed by atoms with E-state index in [0.29, 0.717) is 23.3 Å². The summed E-state index contributed by atoms with van der Waals surface area (Å²) in [6.07, 6.45) is 3.59. The third kappa shape index (κ3) is 4.19. The summed E-state index contributed by atoms with van der Waals surface area (Å²) in [6.45, 7) is 1.83. The van der Waals surface area contributed by atoms with Gasteiger partial charge in [0.15, 0.2) is 4.67 Å². The summed E-state index contributed by atoms with van der Waals surface area (Å²) in [5.41, 5.74) is 1.55. The number of hydrogen-bond acceptors (Lipinski definition) is 4. The number of nitrogens with zero attached hydrogens (tertiary/aromatic N) is 1. The monoisotopic (exact) mass is 393 g/mol. The molecule has 0 saturated carbocycles. The van der Waals surface area contributed by atoms with Crippen molar-refractivity contribution in [2.45, 2.75) is 25.5 Å². The van der Waals surface area contributed by atoms with Crippen LogP contribution in [-0.2, 0) is 11.3 Å². The first-order valence-corrected chi connectivity index (χ1v) is 8.73. The molecule has 3 rings (SSSR count). The van der Waals surface area contributed by atoms with Gasteiger partial charge in [-0.05, 0) is 46.5 Å². The van der Waals surface area contributed by atoms with Gasteiger partial charge in [0.1, 0.15) is 12.0 Å². The highest BCUT2D eigenvalue weighted by molar-refractivity contribution is 9.10. The van der Waals surface area contributed by atoms with Crippen molar-refractivity contribution in [1.82, 2.24) is 4.90 Å². The molecule has 1 fully saturated rings. The molecule has 128 valence electrons. The van der Waals surface area contributed by atoms with E-state index in [-0.39, 0.29) is 12.0 Å². The van der Waals surface area contributed by atoms with E-state index in [2.05, 4.69) is 15.9 Å². The fourth-order valence-corrected chi connectivity index (χ4v) is 3.19. The second-order valence-corrected chi connectivity index (χ2v) is 6.59. The molecule has 0 aliphatic carbocycles. The van der Waals surface area contributed by atoms with Crippen LogP contribution in [-0.4, -0.2) is 37.2 Å². The predicted molar refractivity (Wildman–Crippen MR) is 93.1 cm³/mol. The summed E-state index contributed by atoms with van der Waals surface area (Å²) < 4.78 is 16.7. The summed E-state index contributed by atoms with van der Waals surface area (Å²) in [7, 11) is 1.64. The van der Waals surface area contributed by atoms with Crippen LogP contribution in [0, 0.1) is 0 Å². The normalized spacial score (nSPS) is 17.0. The fraction of sp³-hybridized carbons (Fsp3) is 0.389. The lowest BCUT2D eigenvalue weighted by Gasteiger charge is -2.25. The molecule has 5 nitrogen and oxygen atoms in total. The summed E-state index contributed by atoms with van der Waals surface area (Å²) in [5.74, 6) is 0.714. The second kappa shape index (κ2) is 7.85. The maximum Gasteiger partial charge on any atom is 0.257 e. The minimum atomic E-state index is -0.0669. The SMILES string of the molecule is COc1cccc(CN(CC2CCCO2)C(=O)c2coc(Br)c2)c1. The Kier molecular flexibility index (Phi) is 5.58. The van der Waals surface area contributed by atoms with Crippen molar-refractivity contribution >= 4 is 21.8 Å². The van der Waals surface area contributed by atoms with Gasteiger partial charge in [0, 0.05) is 25.8 Å². The zero-order valence-corrected chi connectivity index (χ0v) is 15.1. The predicted octanol–water partition coefficient (Wildman–Crippen LogP) is 3.87. The number of rotatable bonds is 6. The summed E-state index contributed by atoms with van der Waals surface area (Å²) in [4.78, 5) is 14.7. The molecule has 1 aromatic heterocycles. The van der Waals surface area contributed by atoms with Crippen molar-refractivity contribution in [3.63, 3.8) is 0 Å². The van der Waals surface area contributed by atoms with E-state index in [1.54, 1.807) is 13.2 Å². The molecular weight excluding hydrogens is 374 g/mol. The van der Waals surface area contributed by atoms with Gasteiger partial charge in [0.2, 0.25) is 0 Å². The molecule has 1 atom stereocenters. The Morgan fingerprint density at radius 3 is 2.96 bits per heavy atom. The Morgan fingerprint density at radius 2 is 2.29 bits per heavy atom. The first kappa shape index (κ1) is 17.0. The molecule has 1 saturated heterocycles. The lowest BCUT2D eigenvalue weighted by Crippen LogP contribution is -2.36. The van der Waals surface area contributed by atoms with Crippen molar-refractivity contribution in [2.75, 3.05) is 20.3 Å². The average Bonchev–Trinajstić information content (AvgIpc) is 3.25. The Balaban J connectivity index is 1.79. The Hall–Kier alpha value is -1.79. The quantitative estimate of drug-likeness (QED) is 0.747. The highest BCUT2D eigenvalue weighted by Gasteiger charge is 2.24. The van der Waals surface area contributed by atoms with Gasteiger partial charge in [-0.2, -0.15) is 0 Å². The van der Waals surface area contributed by atoms with Gasteiger partial charge in [0.25, 0.3) is 5.91 Å². The Morgan fingerprint density at radius 1 is 1.42 bits per heavy atom. The topological polar surface area (TPSA) is 51.9 Å². The summed E-state index contributed by atoms with van der Waals surface area (Å²) in [6, 6.07) is 9.45. The van der Waals surface area contributed by atoms with E-state index in [1.165, 1.54) is 6.26 Å². The van der Waals surface area contributed by atoms with Gasteiger partial charge in [-0.15, -0.1) is 0 Å². The number of carbonyl (C=O) groups is 1. The second-order valence-electron chi connectivity index (χ2n) is 5.81. The van der Waals surface area contributed by atoms with Gasteiger partial charge >= 0.3 is 0 Å². The molecule has 2 aromatic rings. The van der Waals surface area contributed by atoms with E-state index in [9.17, 15) is 4.79 Å². The molecule has 1 unspecified atom stereocenters. The molecule has 1 aliphatic heterocycles. The molecular formula is C18H20BrNO4. The van der Waals surface area contributed by atoms with Crippen LogP contribution in [0.15, 0.2) is 45.7 Å². The van der Waals surface area contributed by atoms with Crippen LogP contribution in [0.3, 0.4) is 0 Å².